The Morgan fingerprint density at radius 3 is 2.45 bits per heavy atom. The lowest BCUT2D eigenvalue weighted by Crippen LogP contribution is -2.13. The van der Waals surface area contributed by atoms with Crippen molar-refractivity contribution in [1.82, 2.24) is 0 Å². The molecule has 2 amide bonds. The quantitative estimate of drug-likeness (QED) is 0.453. The Labute approximate surface area is 171 Å². The molecule has 2 N–H and O–H groups in total. The monoisotopic (exact) mass is 412 g/mol. The number of fused-ring (bicyclic) bond motifs is 1. The second kappa shape index (κ2) is 9.29. The zero-order chi connectivity index (χ0) is 20.8. The van der Waals surface area contributed by atoms with Gasteiger partial charge in [0, 0.05) is 46.5 Å². The van der Waals surface area contributed by atoms with Gasteiger partial charge in [0.05, 0.1) is 6.61 Å². The normalized spacial score (nSPS) is 10.6. The van der Waals surface area contributed by atoms with Gasteiger partial charge >= 0.3 is 11.7 Å². The van der Waals surface area contributed by atoms with Crippen molar-refractivity contribution < 1.29 is 18.7 Å². The summed E-state index contributed by atoms with van der Waals surface area (Å²) in [5.74, 6) is 0.441. The summed E-state index contributed by atoms with van der Waals surface area (Å²) < 4.78 is 10.1. The maximum Gasteiger partial charge on any atom is 0.411 e. The molecule has 0 fully saturated rings. The van der Waals surface area contributed by atoms with Gasteiger partial charge in [0.2, 0.25) is 5.91 Å². The number of ether oxygens (including phenoxy) is 1. The zero-order valence-corrected chi connectivity index (χ0v) is 16.8. The van der Waals surface area contributed by atoms with Crippen LogP contribution in [0.1, 0.15) is 19.4 Å². The molecule has 29 heavy (non-hydrogen) atoms. The van der Waals surface area contributed by atoms with Crippen molar-refractivity contribution in [2.75, 3.05) is 17.2 Å². The Hall–Kier alpha value is -3.26. The first-order valence-corrected chi connectivity index (χ1v) is 9.94. The minimum atomic E-state index is -0.566. The summed E-state index contributed by atoms with van der Waals surface area (Å²) >= 11 is 1.56. The van der Waals surface area contributed by atoms with Crippen molar-refractivity contribution >= 4 is 46.1 Å². The molecule has 7 nitrogen and oxygen atoms in total. The van der Waals surface area contributed by atoms with Crippen LogP contribution < -0.4 is 16.3 Å². The van der Waals surface area contributed by atoms with E-state index in [4.69, 9.17) is 9.15 Å². The second-order valence-electron chi connectivity index (χ2n) is 6.14. The van der Waals surface area contributed by atoms with E-state index in [9.17, 15) is 14.4 Å². The third-order valence-corrected chi connectivity index (χ3v) is 4.98. The highest BCUT2D eigenvalue weighted by atomic mass is 32.2. The van der Waals surface area contributed by atoms with Gasteiger partial charge in [-0.2, -0.15) is 0 Å². The lowest BCUT2D eigenvalue weighted by atomic mass is 10.1. The molecule has 3 aromatic rings. The Bertz CT molecular complexity index is 1090. The SMILES string of the molecule is CCOC(=O)Nc1ccc2c(CSc3ccc(NC(C)=O)cc3)cc(=O)oc2c1. The number of amides is 2. The maximum atomic E-state index is 12.0. The molecule has 0 radical (unpaired) electrons. The molecule has 0 saturated heterocycles. The molecular weight excluding hydrogens is 392 g/mol. The zero-order valence-electron chi connectivity index (χ0n) is 16.0. The van der Waals surface area contributed by atoms with E-state index in [2.05, 4.69) is 10.6 Å². The standard InChI is InChI=1S/C21H20N2O5S/c1-3-27-21(26)23-16-6-9-18-14(10-20(25)28-19(18)11-16)12-29-17-7-4-15(5-8-17)22-13(2)24/h4-11H,3,12H2,1-2H3,(H,22,24)(H,23,26). The molecule has 0 aliphatic rings. The van der Waals surface area contributed by atoms with Crippen LogP contribution in [0, 0.1) is 0 Å². The molecule has 2 aromatic carbocycles. The van der Waals surface area contributed by atoms with Crippen LogP contribution in [0.4, 0.5) is 16.2 Å². The van der Waals surface area contributed by atoms with Gasteiger partial charge in [0.25, 0.3) is 0 Å². The summed E-state index contributed by atoms with van der Waals surface area (Å²) in [4.78, 5) is 35.6. The van der Waals surface area contributed by atoms with Crippen LogP contribution in [0.15, 0.2) is 62.6 Å². The molecule has 8 heteroatoms. The van der Waals surface area contributed by atoms with E-state index in [1.165, 1.54) is 13.0 Å². The average Bonchev–Trinajstić information content (AvgIpc) is 2.66. The molecule has 0 atom stereocenters. The van der Waals surface area contributed by atoms with Crippen LogP contribution in [0.25, 0.3) is 11.0 Å². The van der Waals surface area contributed by atoms with Gasteiger partial charge in [0.15, 0.2) is 0 Å². The molecule has 1 aromatic heterocycles. The highest BCUT2D eigenvalue weighted by Crippen LogP contribution is 2.28. The minimum Gasteiger partial charge on any atom is -0.450 e. The molecule has 0 bridgehead atoms. The predicted molar refractivity (Wildman–Crippen MR) is 113 cm³/mol. The number of rotatable bonds is 6. The van der Waals surface area contributed by atoms with Crippen molar-refractivity contribution in [3.8, 4) is 0 Å². The van der Waals surface area contributed by atoms with E-state index >= 15 is 0 Å². The Morgan fingerprint density at radius 1 is 1.03 bits per heavy atom. The Kier molecular flexibility index (Phi) is 6.56. The maximum absolute atomic E-state index is 12.0. The second-order valence-corrected chi connectivity index (χ2v) is 7.19. The van der Waals surface area contributed by atoms with E-state index in [0.717, 1.165) is 21.5 Å². The number of hydrogen-bond donors (Lipinski definition) is 2. The van der Waals surface area contributed by atoms with Crippen LogP contribution >= 0.6 is 11.8 Å². The molecule has 0 spiro atoms. The van der Waals surface area contributed by atoms with Gasteiger partial charge in [-0.25, -0.2) is 9.59 Å². The van der Waals surface area contributed by atoms with Crippen molar-refractivity contribution in [3.63, 3.8) is 0 Å². The number of nitrogens with one attached hydrogen (secondary N) is 2. The number of carbonyl (C=O) groups excluding carboxylic acids is 2. The lowest BCUT2D eigenvalue weighted by molar-refractivity contribution is -0.114. The fraction of sp³-hybridized carbons (Fsp3) is 0.190. The van der Waals surface area contributed by atoms with E-state index in [-0.39, 0.29) is 12.5 Å². The van der Waals surface area contributed by atoms with Crippen molar-refractivity contribution in [3.05, 3.63) is 64.5 Å². The van der Waals surface area contributed by atoms with E-state index in [0.29, 0.717) is 17.0 Å². The van der Waals surface area contributed by atoms with Gasteiger partial charge in [-0.15, -0.1) is 11.8 Å². The molecule has 0 saturated carbocycles. The molecule has 1 heterocycles. The predicted octanol–water partition coefficient (Wildman–Crippen LogP) is 4.61. The smallest absolute Gasteiger partial charge is 0.411 e. The van der Waals surface area contributed by atoms with Crippen molar-refractivity contribution in [2.45, 2.75) is 24.5 Å². The van der Waals surface area contributed by atoms with Crippen LogP contribution in [-0.4, -0.2) is 18.6 Å². The molecule has 150 valence electrons. The first-order chi connectivity index (χ1) is 13.9. The third-order valence-electron chi connectivity index (χ3n) is 3.92. The Morgan fingerprint density at radius 2 is 1.76 bits per heavy atom. The Balaban J connectivity index is 1.77. The fourth-order valence-electron chi connectivity index (χ4n) is 2.71. The summed E-state index contributed by atoms with van der Waals surface area (Å²) in [7, 11) is 0. The van der Waals surface area contributed by atoms with Crippen molar-refractivity contribution in [2.24, 2.45) is 0 Å². The van der Waals surface area contributed by atoms with Crippen LogP contribution in [-0.2, 0) is 15.3 Å². The van der Waals surface area contributed by atoms with E-state index in [1.807, 2.05) is 24.3 Å². The van der Waals surface area contributed by atoms with Crippen LogP contribution in [0.3, 0.4) is 0 Å². The molecule has 0 aliphatic carbocycles. The van der Waals surface area contributed by atoms with Gasteiger partial charge in [-0.3, -0.25) is 10.1 Å². The number of thioether (sulfide) groups is 1. The fourth-order valence-corrected chi connectivity index (χ4v) is 3.60. The van der Waals surface area contributed by atoms with Crippen molar-refractivity contribution in [1.29, 1.82) is 0 Å². The van der Waals surface area contributed by atoms with Gasteiger partial charge in [0.1, 0.15) is 5.58 Å². The average molecular weight is 412 g/mol. The van der Waals surface area contributed by atoms with E-state index < -0.39 is 11.7 Å². The molecular formula is C21H20N2O5S. The number of anilines is 2. The summed E-state index contributed by atoms with van der Waals surface area (Å²) in [5.41, 5.74) is 1.98. The summed E-state index contributed by atoms with van der Waals surface area (Å²) in [6, 6.07) is 14.1. The molecule has 3 rings (SSSR count). The third kappa shape index (κ3) is 5.61. The number of benzene rings is 2. The molecule has 0 unspecified atom stereocenters. The largest absolute Gasteiger partial charge is 0.450 e. The number of carbonyl (C=O) groups is 2. The van der Waals surface area contributed by atoms with Crippen LogP contribution in [0.2, 0.25) is 0 Å². The highest BCUT2D eigenvalue weighted by molar-refractivity contribution is 7.98. The summed E-state index contributed by atoms with van der Waals surface area (Å²) in [6.45, 7) is 3.44. The minimum absolute atomic E-state index is 0.121. The van der Waals surface area contributed by atoms with Crippen LogP contribution in [0.5, 0.6) is 0 Å². The van der Waals surface area contributed by atoms with E-state index in [1.54, 1.807) is 36.9 Å². The topological polar surface area (TPSA) is 97.6 Å². The molecule has 0 aliphatic heterocycles. The van der Waals surface area contributed by atoms with Gasteiger partial charge in [-0.1, -0.05) is 0 Å². The van der Waals surface area contributed by atoms with Gasteiger partial charge in [-0.05, 0) is 48.9 Å². The first-order valence-electron chi connectivity index (χ1n) is 8.95. The summed E-state index contributed by atoms with van der Waals surface area (Å²) in [5, 5.41) is 6.11. The van der Waals surface area contributed by atoms with Gasteiger partial charge < -0.3 is 14.5 Å². The highest BCUT2D eigenvalue weighted by Gasteiger charge is 2.09. The first kappa shape index (κ1) is 20.5. The number of hydrogen-bond acceptors (Lipinski definition) is 6. The lowest BCUT2D eigenvalue weighted by Gasteiger charge is -2.09. The summed E-state index contributed by atoms with van der Waals surface area (Å²) in [6.07, 6.45) is -0.566.